The molecule has 0 aromatic heterocycles. The van der Waals surface area contributed by atoms with Crippen molar-refractivity contribution in [1.29, 1.82) is 0 Å². The standard InChI is InChI=1S/C17H22N2O5/c1-11-8-19(9-15(24-11)16(20)22-2)17(21)18-13-7-12-5-3-4-6-14(12)23-10-13/h3-6,11,13,15H,7-10H2,1-2H3,(H,18,21)/t11-,13+,15-/m1/s1. The number of nitrogens with zero attached hydrogens (tertiary/aromatic N) is 1. The van der Waals surface area contributed by atoms with E-state index in [1.165, 1.54) is 7.11 Å². The first-order chi connectivity index (χ1) is 11.6. The minimum Gasteiger partial charge on any atom is -0.491 e. The Balaban J connectivity index is 1.59. The van der Waals surface area contributed by atoms with Crippen molar-refractivity contribution in [2.45, 2.75) is 31.6 Å². The van der Waals surface area contributed by atoms with Crippen molar-refractivity contribution < 1.29 is 23.8 Å². The molecule has 2 heterocycles. The van der Waals surface area contributed by atoms with Crippen molar-refractivity contribution in [3.63, 3.8) is 0 Å². The van der Waals surface area contributed by atoms with Crippen molar-refractivity contribution in [2.75, 3.05) is 26.8 Å². The van der Waals surface area contributed by atoms with E-state index < -0.39 is 12.1 Å². The SMILES string of the molecule is COC(=O)[C@H]1CN(C(=O)N[C@@H]2COc3ccccc3C2)C[C@@H](C)O1. The first-order valence-corrected chi connectivity index (χ1v) is 8.06. The number of methoxy groups -OCH3 is 1. The summed E-state index contributed by atoms with van der Waals surface area (Å²) in [6.45, 7) is 2.88. The molecule has 2 amide bonds. The van der Waals surface area contributed by atoms with Crippen LogP contribution in [0.5, 0.6) is 5.75 Å². The van der Waals surface area contributed by atoms with Crippen LogP contribution in [0, 0.1) is 0 Å². The number of hydrogen-bond donors (Lipinski definition) is 1. The van der Waals surface area contributed by atoms with E-state index in [1.807, 2.05) is 31.2 Å². The minimum absolute atomic E-state index is 0.0953. The molecule has 1 aromatic carbocycles. The van der Waals surface area contributed by atoms with Gasteiger partial charge in [0, 0.05) is 6.54 Å². The summed E-state index contributed by atoms with van der Waals surface area (Å²) in [5.41, 5.74) is 1.08. The maximum Gasteiger partial charge on any atom is 0.336 e. The van der Waals surface area contributed by atoms with Gasteiger partial charge in [0.1, 0.15) is 12.4 Å². The number of esters is 1. The number of hydrogen-bond acceptors (Lipinski definition) is 5. The van der Waals surface area contributed by atoms with Gasteiger partial charge in [-0.25, -0.2) is 9.59 Å². The predicted octanol–water partition coefficient (Wildman–Crippen LogP) is 0.962. The van der Waals surface area contributed by atoms with Crippen molar-refractivity contribution in [1.82, 2.24) is 10.2 Å². The van der Waals surface area contributed by atoms with Gasteiger partial charge in [-0.1, -0.05) is 18.2 Å². The Bertz CT molecular complexity index is 621. The van der Waals surface area contributed by atoms with Crippen LogP contribution in [0.3, 0.4) is 0 Å². The molecular weight excluding hydrogens is 312 g/mol. The Hall–Kier alpha value is -2.28. The number of nitrogens with one attached hydrogen (secondary N) is 1. The van der Waals surface area contributed by atoms with Crippen LogP contribution in [0.15, 0.2) is 24.3 Å². The van der Waals surface area contributed by atoms with E-state index in [9.17, 15) is 9.59 Å². The van der Waals surface area contributed by atoms with Crippen LogP contribution in [-0.2, 0) is 20.7 Å². The van der Waals surface area contributed by atoms with Crippen LogP contribution in [0.4, 0.5) is 4.79 Å². The molecule has 0 radical (unpaired) electrons. The van der Waals surface area contributed by atoms with Gasteiger partial charge in [-0.05, 0) is 25.0 Å². The van der Waals surface area contributed by atoms with E-state index in [0.717, 1.165) is 17.7 Å². The van der Waals surface area contributed by atoms with E-state index in [1.54, 1.807) is 4.90 Å². The quantitative estimate of drug-likeness (QED) is 0.815. The number of carbonyl (C=O) groups excluding carboxylic acids is 2. The van der Waals surface area contributed by atoms with Crippen molar-refractivity contribution >= 4 is 12.0 Å². The molecule has 3 rings (SSSR count). The molecule has 7 nitrogen and oxygen atoms in total. The zero-order valence-corrected chi connectivity index (χ0v) is 13.9. The molecule has 1 aromatic rings. The second-order valence-corrected chi connectivity index (χ2v) is 6.13. The zero-order valence-electron chi connectivity index (χ0n) is 13.9. The third kappa shape index (κ3) is 3.62. The Morgan fingerprint density at radius 2 is 2.08 bits per heavy atom. The molecule has 1 saturated heterocycles. The van der Waals surface area contributed by atoms with Crippen LogP contribution < -0.4 is 10.1 Å². The van der Waals surface area contributed by atoms with E-state index in [2.05, 4.69) is 5.32 Å². The summed E-state index contributed by atoms with van der Waals surface area (Å²) in [7, 11) is 1.31. The second-order valence-electron chi connectivity index (χ2n) is 6.13. The number of carbonyl (C=O) groups is 2. The largest absolute Gasteiger partial charge is 0.491 e. The lowest BCUT2D eigenvalue weighted by Crippen LogP contribution is -2.57. The number of urea groups is 1. The van der Waals surface area contributed by atoms with Crippen molar-refractivity contribution in [2.24, 2.45) is 0 Å². The van der Waals surface area contributed by atoms with Gasteiger partial charge in [-0.2, -0.15) is 0 Å². The van der Waals surface area contributed by atoms with Gasteiger partial charge in [-0.15, -0.1) is 0 Å². The first kappa shape index (κ1) is 16.6. The highest BCUT2D eigenvalue weighted by atomic mass is 16.6. The summed E-state index contributed by atoms with van der Waals surface area (Å²) in [4.78, 5) is 25.8. The fourth-order valence-electron chi connectivity index (χ4n) is 3.07. The van der Waals surface area contributed by atoms with Gasteiger partial charge in [0.25, 0.3) is 0 Å². The third-order valence-corrected chi connectivity index (χ3v) is 4.22. The Morgan fingerprint density at radius 1 is 1.29 bits per heavy atom. The highest BCUT2D eigenvalue weighted by molar-refractivity contribution is 5.78. The molecule has 0 bridgehead atoms. The van der Waals surface area contributed by atoms with Crippen LogP contribution in [0.25, 0.3) is 0 Å². The number of para-hydroxylation sites is 1. The molecule has 0 aliphatic carbocycles. The number of fused-ring (bicyclic) bond motifs is 1. The van der Waals surface area contributed by atoms with Gasteiger partial charge in [0.05, 0.1) is 25.8 Å². The highest BCUT2D eigenvalue weighted by Crippen LogP contribution is 2.24. The summed E-state index contributed by atoms with van der Waals surface area (Å²) >= 11 is 0. The molecule has 24 heavy (non-hydrogen) atoms. The van der Waals surface area contributed by atoms with E-state index in [-0.39, 0.29) is 24.7 Å². The fourth-order valence-corrected chi connectivity index (χ4v) is 3.07. The number of rotatable bonds is 2. The topological polar surface area (TPSA) is 77.1 Å². The zero-order chi connectivity index (χ0) is 17.1. The molecule has 1 fully saturated rings. The fraction of sp³-hybridized carbons (Fsp3) is 0.529. The Morgan fingerprint density at radius 3 is 2.88 bits per heavy atom. The molecule has 0 saturated carbocycles. The van der Waals surface area contributed by atoms with Gasteiger partial charge in [0.2, 0.25) is 0 Å². The molecule has 2 aliphatic rings. The van der Waals surface area contributed by atoms with Crippen LogP contribution in [-0.4, -0.2) is 62.0 Å². The van der Waals surface area contributed by atoms with E-state index in [0.29, 0.717) is 13.2 Å². The molecule has 1 N–H and O–H groups in total. The van der Waals surface area contributed by atoms with Crippen LogP contribution >= 0.6 is 0 Å². The molecule has 3 atom stereocenters. The average Bonchev–Trinajstić information content (AvgIpc) is 2.60. The lowest BCUT2D eigenvalue weighted by molar-refractivity contribution is -0.164. The van der Waals surface area contributed by atoms with Gasteiger partial charge in [-0.3, -0.25) is 0 Å². The average molecular weight is 334 g/mol. The number of benzene rings is 1. The third-order valence-electron chi connectivity index (χ3n) is 4.22. The van der Waals surface area contributed by atoms with Crippen molar-refractivity contribution in [3.05, 3.63) is 29.8 Å². The molecule has 0 spiro atoms. The van der Waals surface area contributed by atoms with Gasteiger partial charge in [0.15, 0.2) is 6.10 Å². The Kier molecular flexibility index (Phi) is 4.89. The molecule has 0 unspecified atom stereocenters. The summed E-state index contributed by atoms with van der Waals surface area (Å²) in [6.07, 6.45) is -0.243. The number of amides is 2. The number of morpholine rings is 1. The Labute approximate surface area is 140 Å². The van der Waals surface area contributed by atoms with Crippen molar-refractivity contribution in [3.8, 4) is 5.75 Å². The minimum atomic E-state index is -0.743. The smallest absolute Gasteiger partial charge is 0.336 e. The van der Waals surface area contributed by atoms with Crippen LogP contribution in [0.1, 0.15) is 12.5 Å². The van der Waals surface area contributed by atoms with Crippen LogP contribution in [0.2, 0.25) is 0 Å². The summed E-state index contributed by atoms with van der Waals surface area (Å²) in [5, 5.41) is 2.98. The highest BCUT2D eigenvalue weighted by Gasteiger charge is 2.34. The maximum atomic E-state index is 12.5. The maximum absolute atomic E-state index is 12.5. The summed E-state index contributed by atoms with van der Waals surface area (Å²) in [6, 6.07) is 7.50. The lowest BCUT2D eigenvalue weighted by atomic mass is 10.0. The predicted molar refractivity (Wildman–Crippen MR) is 85.9 cm³/mol. The monoisotopic (exact) mass is 334 g/mol. The second kappa shape index (κ2) is 7.09. The van der Waals surface area contributed by atoms with Gasteiger partial charge >= 0.3 is 12.0 Å². The molecule has 7 heteroatoms. The molecule has 130 valence electrons. The summed E-state index contributed by atoms with van der Waals surface area (Å²) in [5.74, 6) is 0.406. The van der Waals surface area contributed by atoms with E-state index >= 15 is 0 Å². The first-order valence-electron chi connectivity index (χ1n) is 8.06. The van der Waals surface area contributed by atoms with E-state index in [4.69, 9.17) is 14.2 Å². The lowest BCUT2D eigenvalue weighted by Gasteiger charge is -2.36. The molecule has 2 aliphatic heterocycles. The molecular formula is C17H22N2O5. The van der Waals surface area contributed by atoms with Gasteiger partial charge < -0.3 is 24.4 Å². The normalized spacial score (nSPS) is 26.1. The summed E-state index contributed by atoms with van der Waals surface area (Å²) < 4.78 is 15.9. The number of ether oxygens (including phenoxy) is 3.